The first-order chi connectivity index (χ1) is 4.76. The highest BCUT2D eigenvalue weighted by Crippen LogP contribution is 2.00. The van der Waals surface area contributed by atoms with Gasteiger partial charge in [-0.05, 0) is 20.0 Å². The van der Waals surface area contributed by atoms with Crippen molar-refractivity contribution >= 4 is 6.47 Å². The Labute approximate surface area is 62.0 Å². The van der Waals surface area contributed by atoms with Crippen molar-refractivity contribution in [2.24, 2.45) is 0 Å². The average Bonchev–Trinajstić information content (AvgIpc) is 1.99. The lowest BCUT2D eigenvalue weighted by Gasteiger charge is -2.22. The van der Waals surface area contributed by atoms with Gasteiger partial charge >= 0.3 is 6.47 Å². The van der Waals surface area contributed by atoms with E-state index in [1.807, 2.05) is 25.8 Å². The zero-order chi connectivity index (χ0) is 7.98. The molecule has 0 bridgehead atoms. The topological polar surface area (TPSA) is 29.5 Å². The molecule has 0 aromatic heterocycles. The van der Waals surface area contributed by atoms with Crippen LogP contribution >= 0.6 is 0 Å². The van der Waals surface area contributed by atoms with Crippen molar-refractivity contribution in [3.05, 3.63) is 0 Å². The molecule has 1 radical (unpaired) electrons. The van der Waals surface area contributed by atoms with E-state index in [0.29, 0.717) is 0 Å². The van der Waals surface area contributed by atoms with Crippen LogP contribution in [0, 0.1) is 0 Å². The van der Waals surface area contributed by atoms with Gasteiger partial charge in [-0.15, -0.1) is 0 Å². The van der Waals surface area contributed by atoms with E-state index in [-0.39, 0.29) is 6.23 Å². The van der Waals surface area contributed by atoms with E-state index in [2.05, 4.69) is 4.74 Å². The van der Waals surface area contributed by atoms with Gasteiger partial charge in [0.1, 0.15) is 0 Å². The van der Waals surface area contributed by atoms with E-state index >= 15 is 0 Å². The molecule has 0 spiro atoms. The average molecular weight is 144 g/mol. The van der Waals surface area contributed by atoms with Gasteiger partial charge in [0.15, 0.2) is 6.23 Å². The summed E-state index contributed by atoms with van der Waals surface area (Å²) in [5.41, 5.74) is 0. The van der Waals surface area contributed by atoms with Crippen LogP contribution < -0.4 is 0 Å². The van der Waals surface area contributed by atoms with Crippen LogP contribution in [0.25, 0.3) is 0 Å². The molecule has 0 N–H and O–H groups in total. The highest BCUT2D eigenvalue weighted by Gasteiger charge is 2.10. The quantitative estimate of drug-likeness (QED) is 0.533. The van der Waals surface area contributed by atoms with Crippen molar-refractivity contribution in [1.29, 1.82) is 0 Å². The minimum atomic E-state index is -0.109. The van der Waals surface area contributed by atoms with E-state index < -0.39 is 0 Å². The van der Waals surface area contributed by atoms with Gasteiger partial charge in [-0.1, -0.05) is 13.8 Å². The maximum absolute atomic E-state index is 9.82. The molecule has 0 fully saturated rings. The third-order valence-corrected chi connectivity index (χ3v) is 1.52. The summed E-state index contributed by atoms with van der Waals surface area (Å²) in [5.74, 6) is 0. The second kappa shape index (κ2) is 5.23. The molecular weight excluding hydrogens is 130 g/mol. The number of rotatable bonds is 5. The molecule has 3 nitrogen and oxygen atoms in total. The molecule has 1 atom stereocenters. The zero-order valence-electron chi connectivity index (χ0n) is 6.76. The molecule has 0 rings (SSSR count). The van der Waals surface area contributed by atoms with Crippen molar-refractivity contribution in [3.63, 3.8) is 0 Å². The summed E-state index contributed by atoms with van der Waals surface area (Å²) in [6, 6.07) is 0. The Hall–Kier alpha value is -0.570. The van der Waals surface area contributed by atoms with Gasteiger partial charge in [-0.3, -0.25) is 4.90 Å². The van der Waals surface area contributed by atoms with Gasteiger partial charge in [-0.2, -0.15) is 0 Å². The van der Waals surface area contributed by atoms with Crippen LogP contribution in [0.4, 0.5) is 0 Å². The van der Waals surface area contributed by atoms with Crippen LogP contribution in [0.3, 0.4) is 0 Å². The van der Waals surface area contributed by atoms with Gasteiger partial charge < -0.3 is 4.74 Å². The van der Waals surface area contributed by atoms with Gasteiger partial charge in [0.25, 0.3) is 0 Å². The van der Waals surface area contributed by atoms with E-state index in [0.717, 1.165) is 13.0 Å². The van der Waals surface area contributed by atoms with Crippen molar-refractivity contribution < 1.29 is 9.53 Å². The maximum Gasteiger partial charge on any atom is 0.419 e. The fourth-order valence-electron chi connectivity index (χ4n) is 0.744. The van der Waals surface area contributed by atoms with Crippen LogP contribution in [0.2, 0.25) is 0 Å². The first-order valence-corrected chi connectivity index (χ1v) is 3.49. The summed E-state index contributed by atoms with van der Waals surface area (Å²) in [6.45, 7) is 6.29. The van der Waals surface area contributed by atoms with Crippen molar-refractivity contribution in [1.82, 2.24) is 4.90 Å². The zero-order valence-corrected chi connectivity index (χ0v) is 6.76. The Morgan fingerprint density at radius 1 is 1.60 bits per heavy atom. The summed E-state index contributed by atoms with van der Waals surface area (Å²) in [6.07, 6.45) is 0.696. The summed E-state index contributed by atoms with van der Waals surface area (Å²) in [7, 11) is 1.91. The summed E-state index contributed by atoms with van der Waals surface area (Å²) >= 11 is 0. The molecule has 0 heterocycles. The fourth-order valence-corrected chi connectivity index (χ4v) is 0.744. The van der Waals surface area contributed by atoms with Gasteiger partial charge in [-0.25, -0.2) is 4.79 Å². The molecule has 3 heteroatoms. The first-order valence-electron chi connectivity index (χ1n) is 3.49. The van der Waals surface area contributed by atoms with Crippen molar-refractivity contribution in [2.75, 3.05) is 13.6 Å². The maximum atomic E-state index is 9.82. The van der Waals surface area contributed by atoms with Crippen LogP contribution in [0.15, 0.2) is 0 Å². The van der Waals surface area contributed by atoms with Crippen LogP contribution in [0.1, 0.15) is 20.3 Å². The normalized spacial score (nSPS) is 13.2. The summed E-state index contributed by atoms with van der Waals surface area (Å²) < 4.78 is 4.66. The second-order valence-corrected chi connectivity index (χ2v) is 2.14. The number of nitrogens with zero attached hydrogens (tertiary/aromatic N) is 1. The number of hydrogen-bond donors (Lipinski definition) is 0. The van der Waals surface area contributed by atoms with Gasteiger partial charge in [0.2, 0.25) is 0 Å². The predicted octanol–water partition coefficient (Wildman–Crippen LogP) is 0.758. The van der Waals surface area contributed by atoms with E-state index in [1.165, 1.54) is 6.47 Å². The number of carbonyl (C=O) groups excluding carboxylic acids is 1. The van der Waals surface area contributed by atoms with Crippen LogP contribution in [0.5, 0.6) is 0 Å². The lowest BCUT2D eigenvalue weighted by molar-refractivity contribution is 0.0323. The Kier molecular flexibility index (Phi) is 4.94. The van der Waals surface area contributed by atoms with Crippen molar-refractivity contribution in [3.8, 4) is 0 Å². The minimum Gasteiger partial charge on any atom is -0.438 e. The minimum absolute atomic E-state index is 0.109. The fraction of sp³-hybridized carbons (Fsp3) is 0.857. The van der Waals surface area contributed by atoms with Crippen LogP contribution in [-0.4, -0.2) is 31.2 Å². The molecule has 0 aromatic rings. The smallest absolute Gasteiger partial charge is 0.419 e. The predicted molar refractivity (Wildman–Crippen MR) is 39.2 cm³/mol. The van der Waals surface area contributed by atoms with Crippen molar-refractivity contribution in [2.45, 2.75) is 26.5 Å². The molecule has 1 unspecified atom stereocenters. The number of hydrogen-bond acceptors (Lipinski definition) is 3. The lowest BCUT2D eigenvalue weighted by atomic mass is 10.4. The monoisotopic (exact) mass is 144 g/mol. The SMILES string of the molecule is CCC(O[C]=O)N(C)CC. The van der Waals surface area contributed by atoms with Crippen LogP contribution in [-0.2, 0) is 9.53 Å². The second-order valence-electron chi connectivity index (χ2n) is 2.14. The molecule has 0 amide bonds. The van der Waals surface area contributed by atoms with E-state index in [1.54, 1.807) is 0 Å². The largest absolute Gasteiger partial charge is 0.438 e. The summed E-state index contributed by atoms with van der Waals surface area (Å²) in [5, 5.41) is 0. The Morgan fingerprint density at radius 2 is 2.20 bits per heavy atom. The van der Waals surface area contributed by atoms with E-state index in [9.17, 15) is 4.79 Å². The molecule has 10 heavy (non-hydrogen) atoms. The van der Waals surface area contributed by atoms with E-state index in [4.69, 9.17) is 0 Å². The third kappa shape index (κ3) is 2.82. The molecule has 0 aliphatic carbocycles. The molecule has 0 saturated carbocycles. The molecule has 59 valence electrons. The third-order valence-electron chi connectivity index (χ3n) is 1.52. The highest BCUT2D eigenvalue weighted by molar-refractivity contribution is 5.38. The Balaban J connectivity index is 3.67. The van der Waals surface area contributed by atoms with Gasteiger partial charge in [0, 0.05) is 0 Å². The molecule has 0 saturated heterocycles. The highest BCUT2D eigenvalue weighted by atomic mass is 16.5. The van der Waals surface area contributed by atoms with Gasteiger partial charge in [0.05, 0.1) is 0 Å². The Morgan fingerprint density at radius 3 is 2.50 bits per heavy atom. The molecule has 0 aliphatic rings. The molecular formula is C7H14NO2. The first kappa shape index (κ1) is 9.43. The molecule has 0 aliphatic heterocycles. The molecule has 0 aromatic carbocycles. The Bertz CT molecular complexity index is 95.6. The standard InChI is InChI=1S/C7H14NO2/c1-4-7(10-6-9)8(3)5-2/h7H,4-5H2,1-3H3. The lowest BCUT2D eigenvalue weighted by Crippen LogP contribution is -2.32. The summed E-state index contributed by atoms with van der Waals surface area (Å²) in [4.78, 5) is 11.8. The number of ether oxygens (including phenoxy) is 1.